The third-order valence-corrected chi connectivity index (χ3v) is 1.50. The van der Waals surface area contributed by atoms with Crippen LogP contribution in [0.3, 0.4) is 0 Å². The van der Waals surface area contributed by atoms with Crippen molar-refractivity contribution in [2.45, 2.75) is 11.7 Å². The predicted molar refractivity (Wildman–Crippen MR) is 26.7 cm³/mol. The molecule has 0 heterocycles. The van der Waals surface area contributed by atoms with Gasteiger partial charge in [0.05, 0.1) is 0 Å². The van der Waals surface area contributed by atoms with E-state index in [4.69, 9.17) is 0 Å². The van der Waals surface area contributed by atoms with Crippen LogP contribution in [-0.2, 0) is 14.3 Å². The van der Waals surface area contributed by atoms with Crippen LogP contribution in [0.15, 0.2) is 0 Å². The van der Waals surface area contributed by atoms with Crippen molar-refractivity contribution >= 4 is 5.78 Å². The number of carbonyl (C=O) groups excluding carboxylic acids is 1. The summed E-state index contributed by atoms with van der Waals surface area (Å²) < 4.78 is 33.1. The third kappa shape index (κ3) is 0.518. The Kier molecular flexibility index (Phi) is 1.31. The molecule has 0 aromatic rings. The molecule has 1 aliphatic rings. The smallest absolute Gasteiger partial charge is 0.338 e. The minimum Gasteiger partial charge on any atom is -0.338 e. The number of ketones is 1. The van der Waals surface area contributed by atoms with Crippen LogP contribution in [0.5, 0.6) is 0 Å². The van der Waals surface area contributed by atoms with Crippen LogP contribution in [0.4, 0.5) is 8.78 Å². The summed E-state index contributed by atoms with van der Waals surface area (Å²) in [7, 11) is 1.80. The first kappa shape index (κ1) is 7.56. The topological polar surface area (TPSA) is 35.5 Å². The molecule has 1 aliphatic carbocycles. The highest BCUT2D eigenvalue weighted by molar-refractivity contribution is 6.11. The van der Waals surface area contributed by atoms with E-state index in [0.29, 0.717) is 0 Å². The fourth-order valence-electron chi connectivity index (χ4n) is 0.729. The number of Topliss-reactive ketones (excluding diaryl/α,β-unsaturated/α-hetero) is 1. The molecule has 0 N–H and O–H groups in total. The molecule has 0 aliphatic heterocycles. The predicted octanol–water partition coefficient (Wildman–Crippen LogP) is 0.194. The zero-order chi connectivity index (χ0) is 7.99. The van der Waals surface area contributed by atoms with Crippen LogP contribution >= 0.6 is 0 Å². The van der Waals surface area contributed by atoms with E-state index >= 15 is 0 Å². The van der Waals surface area contributed by atoms with Crippen molar-refractivity contribution < 1.29 is 23.0 Å². The van der Waals surface area contributed by atoms with E-state index in [2.05, 4.69) is 9.47 Å². The fourth-order valence-corrected chi connectivity index (χ4v) is 0.729. The molecule has 0 amide bonds. The first-order chi connectivity index (χ1) is 4.53. The molecule has 0 saturated heterocycles. The number of halogens is 2. The molecule has 2 atom stereocenters. The molecule has 2 unspecified atom stereocenters. The quantitative estimate of drug-likeness (QED) is 0.566. The molecule has 1 rings (SSSR count). The lowest BCUT2D eigenvalue weighted by Gasteiger charge is -2.03. The van der Waals surface area contributed by atoms with Crippen molar-refractivity contribution in [3.05, 3.63) is 0 Å². The number of methoxy groups -OCH3 is 2. The molecule has 0 bridgehead atoms. The number of ether oxygens (including phenoxy) is 2. The molecular weight excluding hydrogens is 146 g/mol. The monoisotopic (exact) mass is 152 g/mol. The zero-order valence-electron chi connectivity index (χ0n) is 5.48. The maximum atomic E-state index is 12.6. The number of hydrogen-bond acceptors (Lipinski definition) is 3. The van der Waals surface area contributed by atoms with Gasteiger partial charge in [0.25, 0.3) is 5.78 Å². The standard InChI is InChI=1S/C5H6F2O3/c1-9-4(6)3(8)5(4,7)10-2/h1-2H3. The number of hydrogen-bond donors (Lipinski definition) is 0. The van der Waals surface area contributed by atoms with Gasteiger partial charge in [-0.25, -0.2) is 0 Å². The Labute approximate surface area is 55.9 Å². The van der Waals surface area contributed by atoms with Crippen molar-refractivity contribution in [1.29, 1.82) is 0 Å². The Hall–Kier alpha value is -0.550. The van der Waals surface area contributed by atoms with Crippen LogP contribution in [0.1, 0.15) is 0 Å². The Morgan fingerprint density at radius 3 is 1.60 bits per heavy atom. The second-order valence-corrected chi connectivity index (χ2v) is 1.93. The van der Waals surface area contributed by atoms with Crippen LogP contribution in [0.2, 0.25) is 0 Å². The van der Waals surface area contributed by atoms with Crippen molar-refractivity contribution in [2.75, 3.05) is 14.2 Å². The van der Waals surface area contributed by atoms with E-state index in [1.54, 1.807) is 0 Å². The highest BCUT2D eigenvalue weighted by Gasteiger charge is 2.85. The molecule has 0 aromatic heterocycles. The Balaban J connectivity index is 2.81. The second-order valence-electron chi connectivity index (χ2n) is 1.93. The molecular formula is C5H6F2O3. The van der Waals surface area contributed by atoms with E-state index in [9.17, 15) is 13.6 Å². The van der Waals surface area contributed by atoms with E-state index in [1.807, 2.05) is 0 Å². The van der Waals surface area contributed by atoms with Gasteiger partial charge in [-0.05, 0) is 0 Å². The Bertz CT molecular complexity index is 166. The van der Waals surface area contributed by atoms with Gasteiger partial charge in [-0.15, -0.1) is 0 Å². The lowest BCUT2D eigenvalue weighted by Crippen LogP contribution is -2.20. The first-order valence-electron chi connectivity index (χ1n) is 2.56. The SMILES string of the molecule is COC1(F)C(=O)C1(F)OC. The summed E-state index contributed by atoms with van der Waals surface area (Å²) in [5.74, 6) is -7.06. The summed E-state index contributed by atoms with van der Waals surface area (Å²) >= 11 is 0. The summed E-state index contributed by atoms with van der Waals surface area (Å²) in [5, 5.41) is 0. The molecule has 0 spiro atoms. The van der Waals surface area contributed by atoms with Gasteiger partial charge >= 0.3 is 11.7 Å². The highest BCUT2D eigenvalue weighted by Crippen LogP contribution is 2.51. The molecule has 10 heavy (non-hydrogen) atoms. The van der Waals surface area contributed by atoms with Gasteiger partial charge in [0.15, 0.2) is 0 Å². The summed E-state index contributed by atoms with van der Waals surface area (Å²) in [5.41, 5.74) is 0. The molecule has 1 fully saturated rings. The van der Waals surface area contributed by atoms with Gasteiger partial charge in [0.2, 0.25) is 0 Å². The molecule has 3 nitrogen and oxygen atoms in total. The molecule has 0 radical (unpaired) electrons. The van der Waals surface area contributed by atoms with Crippen molar-refractivity contribution in [3.8, 4) is 0 Å². The van der Waals surface area contributed by atoms with E-state index in [1.165, 1.54) is 0 Å². The van der Waals surface area contributed by atoms with Crippen molar-refractivity contribution in [3.63, 3.8) is 0 Å². The second kappa shape index (κ2) is 1.73. The van der Waals surface area contributed by atoms with Crippen LogP contribution in [0, 0.1) is 0 Å². The van der Waals surface area contributed by atoms with Gasteiger partial charge in [-0.1, -0.05) is 0 Å². The third-order valence-electron chi connectivity index (χ3n) is 1.50. The summed E-state index contributed by atoms with van der Waals surface area (Å²) in [6, 6.07) is 0. The van der Waals surface area contributed by atoms with Gasteiger partial charge < -0.3 is 9.47 Å². The number of rotatable bonds is 2. The Morgan fingerprint density at radius 2 is 1.50 bits per heavy atom. The van der Waals surface area contributed by atoms with Crippen LogP contribution < -0.4 is 0 Å². The van der Waals surface area contributed by atoms with Gasteiger partial charge in [0, 0.05) is 14.2 Å². The van der Waals surface area contributed by atoms with Gasteiger partial charge in [-0.2, -0.15) is 8.78 Å². The average molecular weight is 152 g/mol. The van der Waals surface area contributed by atoms with Crippen LogP contribution in [-0.4, -0.2) is 31.7 Å². The minimum absolute atomic E-state index is 0.901. The maximum Gasteiger partial charge on any atom is 0.341 e. The number of alkyl halides is 2. The van der Waals surface area contributed by atoms with Gasteiger partial charge in [0.1, 0.15) is 0 Å². The Morgan fingerprint density at radius 1 is 1.20 bits per heavy atom. The average Bonchev–Trinajstić information content (AvgIpc) is 2.38. The zero-order valence-corrected chi connectivity index (χ0v) is 5.48. The van der Waals surface area contributed by atoms with Gasteiger partial charge in [-0.3, -0.25) is 4.79 Å². The molecule has 1 saturated carbocycles. The van der Waals surface area contributed by atoms with E-state index in [0.717, 1.165) is 14.2 Å². The first-order valence-corrected chi connectivity index (χ1v) is 2.56. The largest absolute Gasteiger partial charge is 0.341 e. The van der Waals surface area contributed by atoms with E-state index in [-0.39, 0.29) is 0 Å². The molecule has 5 heteroatoms. The fraction of sp³-hybridized carbons (Fsp3) is 0.800. The lowest BCUT2D eigenvalue weighted by atomic mass is 10.7. The van der Waals surface area contributed by atoms with E-state index < -0.39 is 17.5 Å². The van der Waals surface area contributed by atoms with Crippen molar-refractivity contribution in [1.82, 2.24) is 0 Å². The summed E-state index contributed by atoms with van der Waals surface area (Å²) in [6.45, 7) is 0. The summed E-state index contributed by atoms with van der Waals surface area (Å²) in [4.78, 5) is 10.3. The normalized spacial score (nSPS) is 45.8. The van der Waals surface area contributed by atoms with Crippen molar-refractivity contribution in [2.24, 2.45) is 0 Å². The number of carbonyl (C=O) groups is 1. The lowest BCUT2D eigenvalue weighted by molar-refractivity contribution is -0.161. The van der Waals surface area contributed by atoms with Crippen LogP contribution in [0.25, 0.3) is 0 Å². The maximum absolute atomic E-state index is 12.6. The highest BCUT2D eigenvalue weighted by atomic mass is 19.2. The molecule has 0 aromatic carbocycles. The summed E-state index contributed by atoms with van der Waals surface area (Å²) in [6.07, 6.45) is 0. The minimum atomic E-state index is -2.87. The molecule has 58 valence electrons.